The van der Waals surface area contributed by atoms with Crippen LogP contribution in [0.1, 0.15) is 51.8 Å². The zero-order chi connectivity index (χ0) is 15.1. The summed E-state index contributed by atoms with van der Waals surface area (Å²) in [6.45, 7) is 5.23. The normalized spacial score (nSPS) is 22.0. The summed E-state index contributed by atoms with van der Waals surface area (Å²) in [7, 11) is 0. The van der Waals surface area contributed by atoms with Crippen molar-refractivity contribution in [2.24, 2.45) is 0 Å². The van der Waals surface area contributed by atoms with Gasteiger partial charge in [-0.3, -0.25) is 0 Å². The van der Waals surface area contributed by atoms with Gasteiger partial charge in [-0.15, -0.1) is 0 Å². The van der Waals surface area contributed by atoms with Crippen LogP contribution in [-0.2, 0) is 6.42 Å². The lowest BCUT2D eigenvalue weighted by Gasteiger charge is -2.29. The molecule has 0 saturated heterocycles. The van der Waals surface area contributed by atoms with Crippen LogP contribution in [0.2, 0.25) is 0 Å². The van der Waals surface area contributed by atoms with Gasteiger partial charge in [0, 0.05) is 30.3 Å². The Labute approximate surface area is 132 Å². The van der Waals surface area contributed by atoms with Gasteiger partial charge in [0.25, 0.3) is 0 Å². The number of hydrogen-bond donors (Lipinski definition) is 2. The maximum Gasteiger partial charge on any atom is 0.132 e. The Hall–Kier alpha value is -0.970. The van der Waals surface area contributed by atoms with Crippen LogP contribution >= 0.6 is 11.8 Å². The minimum Gasteiger partial charge on any atom is -0.370 e. The van der Waals surface area contributed by atoms with Crippen molar-refractivity contribution in [1.29, 1.82) is 0 Å². The van der Waals surface area contributed by atoms with Gasteiger partial charge < -0.3 is 10.6 Å². The van der Waals surface area contributed by atoms with Crippen LogP contribution < -0.4 is 10.6 Å². The van der Waals surface area contributed by atoms with E-state index < -0.39 is 0 Å². The molecule has 2 unspecified atom stereocenters. The molecule has 1 heterocycles. The maximum absolute atomic E-state index is 4.64. The van der Waals surface area contributed by atoms with Crippen molar-refractivity contribution in [3.05, 3.63) is 11.9 Å². The molecule has 0 bridgehead atoms. The molecular weight excluding hydrogens is 280 g/mol. The molecule has 118 valence electrons. The van der Waals surface area contributed by atoms with Gasteiger partial charge in [-0.1, -0.05) is 20.3 Å². The quantitative estimate of drug-likeness (QED) is 0.799. The minimum absolute atomic E-state index is 0.551. The number of thioether (sulfide) groups is 1. The van der Waals surface area contributed by atoms with Gasteiger partial charge in [-0.25, -0.2) is 9.97 Å². The van der Waals surface area contributed by atoms with Crippen molar-refractivity contribution < 1.29 is 0 Å². The molecule has 0 radical (unpaired) electrons. The summed E-state index contributed by atoms with van der Waals surface area (Å²) in [5.74, 6) is 2.84. The fourth-order valence-corrected chi connectivity index (χ4v) is 3.60. The second-order valence-corrected chi connectivity index (χ2v) is 6.84. The van der Waals surface area contributed by atoms with Gasteiger partial charge in [-0.05, 0) is 31.9 Å². The van der Waals surface area contributed by atoms with Gasteiger partial charge >= 0.3 is 0 Å². The number of nitrogens with one attached hydrogen (secondary N) is 2. The first-order chi connectivity index (χ1) is 10.2. The number of hydrogen-bond acceptors (Lipinski definition) is 5. The highest BCUT2D eigenvalue weighted by Crippen LogP contribution is 2.28. The fourth-order valence-electron chi connectivity index (χ4n) is 2.77. The number of rotatable bonds is 7. The molecule has 0 aromatic carbocycles. The van der Waals surface area contributed by atoms with Gasteiger partial charge in [0.05, 0.1) is 0 Å². The predicted octanol–water partition coefficient (Wildman–Crippen LogP) is 3.95. The summed E-state index contributed by atoms with van der Waals surface area (Å²) in [4.78, 5) is 9.18. The molecule has 0 spiro atoms. The Morgan fingerprint density at radius 2 is 2.05 bits per heavy atom. The molecule has 1 aliphatic carbocycles. The van der Waals surface area contributed by atoms with E-state index in [4.69, 9.17) is 0 Å². The van der Waals surface area contributed by atoms with Crippen molar-refractivity contribution in [2.45, 2.75) is 63.7 Å². The van der Waals surface area contributed by atoms with E-state index in [0.29, 0.717) is 6.04 Å². The molecule has 2 N–H and O–H groups in total. The highest BCUT2D eigenvalue weighted by Gasteiger charge is 2.21. The van der Waals surface area contributed by atoms with E-state index in [1.165, 1.54) is 25.7 Å². The SMILES string of the molecule is CCCNc1cc(NC2CCCC(SC)C2)nc(CC)n1. The highest BCUT2D eigenvalue weighted by atomic mass is 32.2. The van der Waals surface area contributed by atoms with Crippen LogP contribution in [0.4, 0.5) is 11.6 Å². The summed E-state index contributed by atoms with van der Waals surface area (Å²) >= 11 is 2.00. The van der Waals surface area contributed by atoms with E-state index in [1.54, 1.807) is 0 Å². The summed E-state index contributed by atoms with van der Waals surface area (Å²) in [6.07, 6.45) is 9.35. The van der Waals surface area contributed by atoms with E-state index >= 15 is 0 Å². The molecule has 1 saturated carbocycles. The first kappa shape index (κ1) is 16.4. The fraction of sp³-hybridized carbons (Fsp3) is 0.750. The van der Waals surface area contributed by atoms with Crippen LogP contribution in [0.25, 0.3) is 0 Å². The summed E-state index contributed by atoms with van der Waals surface area (Å²) < 4.78 is 0. The lowest BCUT2D eigenvalue weighted by molar-refractivity contribution is 0.472. The Balaban J connectivity index is 2.03. The lowest BCUT2D eigenvalue weighted by Crippen LogP contribution is -2.29. The topological polar surface area (TPSA) is 49.8 Å². The van der Waals surface area contributed by atoms with Crippen molar-refractivity contribution in [2.75, 3.05) is 23.4 Å². The van der Waals surface area contributed by atoms with Gasteiger partial charge in [-0.2, -0.15) is 11.8 Å². The molecule has 0 aliphatic heterocycles. The molecule has 0 amide bonds. The third-order valence-electron chi connectivity index (χ3n) is 3.96. The molecule has 1 aliphatic rings. The van der Waals surface area contributed by atoms with E-state index in [1.807, 2.05) is 11.8 Å². The minimum atomic E-state index is 0.551. The first-order valence-corrected chi connectivity index (χ1v) is 9.45. The Kier molecular flexibility index (Phi) is 6.61. The summed E-state index contributed by atoms with van der Waals surface area (Å²) in [6, 6.07) is 2.60. The number of aromatic nitrogens is 2. The molecule has 2 atom stereocenters. The van der Waals surface area contributed by atoms with Crippen molar-refractivity contribution in [1.82, 2.24) is 9.97 Å². The average molecular weight is 308 g/mol. The molecule has 5 heteroatoms. The van der Waals surface area contributed by atoms with Crippen molar-refractivity contribution in [3.8, 4) is 0 Å². The average Bonchev–Trinajstić information content (AvgIpc) is 2.52. The zero-order valence-corrected chi connectivity index (χ0v) is 14.3. The van der Waals surface area contributed by atoms with Gasteiger partial charge in [0.1, 0.15) is 17.5 Å². The number of nitrogens with zero attached hydrogens (tertiary/aromatic N) is 2. The zero-order valence-electron chi connectivity index (χ0n) is 13.5. The number of aryl methyl sites for hydroxylation is 1. The number of anilines is 2. The van der Waals surface area contributed by atoms with E-state index in [-0.39, 0.29) is 0 Å². The Morgan fingerprint density at radius 1 is 1.24 bits per heavy atom. The standard InChI is InChI=1S/C16H28N4S/c1-4-9-17-15-11-16(20-14(5-2)19-15)18-12-7-6-8-13(10-12)21-3/h11-13H,4-10H2,1-3H3,(H2,17,18,19,20). The summed E-state index contributed by atoms with van der Waals surface area (Å²) in [5.41, 5.74) is 0. The molecular formula is C16H28N4S. The van der Waals surface area contributed by atoms with E-state index in [0.717, 1.165) is 42.1 Å². The first-order valence-electron chi connectivity index (χ1n) is 8.16. The van der Waals surface area contributed by atoms with Gasteiger partial charge in [0.15, 0.2) is 0 Å². The molecule has 21 heavy (non-hydrogen) atoms. The highest BCUT2D eigenvalue weighted by molar-refractivity contribution is 7.99. The second kappa shape index (κ2) is 8.47. The molecule has 4 nitrogen and oxygen atoms in total. The van der Waals surface area contributed by atoms with Crippen LogP contribution in [0.3, 0.4) is 0 Å². The van der Waals surface area contributed by atoms with Crippen molar-refractivity contribution >= 4 is 23.4 Å². The van der Waals surface area contributed by atoms with E-state index in [2.05, 4.69) is 46.8 Å². The monoisotopic (exact) mass is 308 g/mol. The second-order valence-electron chi connectivity index (χ2n) is 5.70. The third-order valence-corrected chi connectivity index (χ3v) is 5.05. The molecule has 1 aromatic heterocycles. The lowest BCUT2D eigenvalue weighted by atomic mass is 9.95. The molecule has 1 aromatic rings. The Bertz CT molecular complexity index is 438. The van der Waals surface area contributed by atoms with Crippen molar-refractivity contribution in [3.63, 3.8) is 0 Å². The van der Waals surface area contributed by atoms with Crippen LogP contribution in [0.15, 0.2) is 6.07 Å². The van der Waals surface area contributed by atoms with Crippen LogP contribution in [0, 0.1) is 0 Å². The van der Waals surface area contributed by atoms with Crippen LogP contribution in [-0.4, -0.2) is 34.1 Å². The predicted molar refractivity (Wildman–Crippen MR) is 93.4 cm³/mol. The molecule has 2 rings (SSSR count). The third kappa shape index (κ3) is 5.06. The van der Waals surface area contributed by atoms with Gasteiger partial charge in [0.2, 0.25) is 0 Å². The van der Waals surface area contributed by atoms with E-state index in [9.17, 15) is 0 Å². The van der Waals surface area contributed by atoms with Crippen LogP contribution in [0.5, 0.6) is 0 Å². The Morgan fingerprint density at radius 3 is 2.76 bits per heavy atom. The molecule has 1 fully saturated rings. The maximum atomic E-state index is 4.64. The summed E-state index contributed by atoms with van der Waals surface area (Å²) in [5, 5.41) is 7.80. The largest absolute Gasteiger partial charge is 0.370 e. The smallest absolute Gasteiger partial charge is 0.132 e.